The molecule has 1 aliphatic rings. The summed E-state index contributed by atoms with van der Waals surface area (Å²) < 4.78 is 5.56. The van der Waals surface area contributed by atoms with Crippen LogP contribution in [-0.4, -0.2) is 23.4 Å². The number of hydrogen-bond acceptors (Lipinski definition) is 4. The van der Waals surface area contributed by atoms with Crippen molar-refractivity contribution in [3.63, 3.8) is 0 Å². The van der Waals surface area contributed by atoms with Crippen molar-refractivity contribution < 1.29 is 4.74 Å². The number of pyridine rings is 1. The fourth-order valence-electron chi connectivity index (χ4n) is 1.68. The van der Waals surface area contributed by atoms with Crippen LogP contribution in [0.3, 0.4) is 0 Å². The highest BCUT2D eigenvalue weighted by Crippen LogP contribution is 2.25. The van der Waals surface area contributed by atoms with Crippen molar-refractivity contribution in [2.45, 2.75) is 30.9 Å². The molecule has 3 nitrogen and oxygen atoms in total. The van der Waals surface area contributed by atoms with Crippen LogP contribution >= 0.6 is 11.8 Å². The Labute approximate surface area is 94.4 Å². The van der Waals surface area contributed by atoms with E-state index in [1.54, 1.807) is 18.0 Å². The topological polar surface area (TPSA) is 48.1 Å². The summed E-state index contributed by atoms with van der Waals surface area (Å²) >= 11 is 1.76. The lowest BCUT2D eigenvalue weighted by molar-refractivity contribution is 0.129. The molecule has 2 rings (SSSR count). The van der Waals surface area contributed by atoms with Crippen LogP contribution < -0.4 is 5.73 Å². The normalized spacial score (nSPS) is 20.7. The van der Waals surface area contributed by atoms with Gasteiger partial charge in [-0.15, -0.1) is 11.8 Å². The third-order valence-electron chi connectivity index (χ3n) is 2.48. The first-order chi connectivity index (χ1) is 7.25. The highest BCUT2D eigenvalue weighted by atomic mass is 32.2. The molecular formula is C11H16N2OS. The molecule has 1 unspecified atom stereocenters. The van der Waals surface area contributed by atoms with E-state index in [0.717, 1.165) is 28.6 Å². The third-order valence-corrected chi connectivity index (χ3v) is 3.72. The number of aromatic nitrogens is 1. The average Bonchev–Trinajstić information content (AvgIpc) is 2.69. The molecule has 15 heavy (non-hydrogen) atoms. The molecule has 0 spiro atoms. The zero-order valence-corrected chi connectivity index (χ0v) is 9.72. The van der Waals surface area contributed by atoms with Crippen LogP contribution in [0.2, 0.25) is 0 Å². The summed E-state index contributed by atoms with van der Waals surface area (Å²) in [6.45, 7) is 2.96. The number of anilines is 1. The van der Waals surface area contributed by atoms with Gasteiger partial charge in [0.15, 0.2) is 0 Å². The SMILES string of the molecule is Cc1cc(N)cnc1SCC1CCCO1. The van der Waals surface area contributed by atoms with Gasteiger partial charge in [0.1, 0.15) is 0 Å². The lowest BCUT2D eigenvalue weighted by atomic mass is 10.3. The van der Waals surface area contributed by atoms with E-state index in [0.29, 0.717) is 6.10 Å². The summed E-state index contributed by atoms with van der Waals surface area (Å²) in [6.07, 6.45) is 4.50. The molecule has 0 saturated carbocycles. The van der Waals surface area contributed by atoms with Crippen LogP contribution in [0.4, 0.5) is 5.69 Å². The van der Waals surface area contributed by atoms with Gasteiger partial charge in [-0.05, 0) is 31.4 Å². The Bertz CT molecular complexity index is 337. The lowest BCUT2D eigenvalue weighted by Crippen LogP contribution is -2.08. The van der Waals surface area contributed by atoms with Crippen LogP contribution in [0.1, 0.15) is 18.4 Å². The minimum Gasteiger partial charge on any atom is -0.397 e. The van der Waals surface area contributed by atoms with Gasteiger partial charge in [0, 0.05) is 12.4 Å². The molecule has 1 saturated heterocycles. The van der Waals surface area contributed by atoms with Crippen LogP contribution in [0.15, 0.2) is 17.3 Å². The zero-order valence-electron chi connectivity index (χ0n) is 8.90. The number of aryl methyl sites for hydroxylation is 1. The lowest BCUT2D eigenvalue weighted by Gasteiger charge is -2.09. The molecule has 0 radical (unpaired) electrons. The molecule has 2 heterocycles. The Hall–Kier alpha value is -0.740. The van der Waals surface area contributed by atoms with Crippen LogP contribution in [-0.2, 0) is 4.74 Å². The molecule has 1 aromatic rings. The molecule has 1 atom stereocenters. The Kier molecular flexibility index (Phi) is 3.49. The third kappa shape index (κ3) is 2.86. The van der Waals surface area contributed by atoms with Crippen LogP contribution in [0.5, 0.6) is 0 Å². The van der Waals surface area contributed by atoms with E-state index in [4.69, 9.17) is 10.5 Å². The van der Waals surface area contributed by atoms with Gasteiger partial charge in [0.25, 0.3) is 0 Å². The van der Waals surface area contributed by atoms with Crippen molar-refractivity contribution in [1.29, 1.82) is 0 Å². The quantitative estimate of drug-likeness (QED) is 0.800. The summed E-state index contributed by atoms with van der Waals surface area (Å²) in [7, 11) is 0. The van der Waals surface area contributed by atoms with Gasteiger partial charge in [-0.2, -0.15) is 0 Å². The molecule has 0 aliphatic carbocycles. The maximum absolute atomic E-state index is 5.65. The summed E-state index contributed by atoms with van der Waals surface area (Å²) in [5, 5.41) is 1.07. The standard InChI is InChI=1S/C11H16N2OS/c1-8-5-9(12)6-13-11(8)15-7-10-3-2-4-14-10/h5-6,10H,2-4,7,12H2,1H3. The summed E-state index contributed by atoms with van der Waals surface area (Å²) in [4.78, 5) is 4.32. The Morgan fingerprint density at radius 1 is 1.67 bits per heavy atom. The van der Waals surface area contributed by atoms with E-state index in [1.165, 1.54) is 12.8 Å². The second kappa shape index (κ2) is 4.86. The zero-order chi connectivity index (χ0) is 10.7. The first-order valence-electron chi connectivity index (χ1n) is 5.22. The first-order valence-corrected chi connectivity index (χ1v) is 6.21. The first kappa shape index (κ1) is 10.8. The largest absolute Gasteiger partial charge is 0.397 e. The molecular weight excluding hydrogens is 208 g/mol. The van der Waals surface area contributed by atoms with Gasteiger partial charge in [0.2, 0.25) is 0 Å². The second-order valence-electron chi connectivity index (χ2n) is 3.84. The van der Waals surface area contributed by atoms with Crippen LogP contribution in [0, 0.1) is 6.92 Å². The van der Waals surface area contributed by atoms with Gasteiger partial charge in [-0.3, -0.25) is 0 Å². The highest BCUT2D eigenvalue weighted by molar-refractivity contribution is 7.99. The molecule has 2 N–H and O–H groups in total. The van der Waals surface area contributed by atoms with Crippen molar-refractivity contribution in [2.24, 2.45) is 0 Å². The van der Waals surface area contributed by atoms with Crippen molar-refractivity contribution in [2.75, 3.05) is 18.1 Å². The molecule has 0 amide bonds. The molecule has 0 bridgehead atoms. The maximum Gasteiger partial charge on any atom is 0.0991 e. The molecule has 1 aromatic heterocycles. The van der Waals surface area contributed by atoms with Gasteiger partial charge >= 0.3 is 0 Å². The van der Waals surface area contributed by atoms with E-state index in [-0.39, 0.29) is 0 Å². The molecule has 1 fully saturated rings. The van der Waals surface area contributed by atoms with Gasteiger partial charge in [-0.25, -0.2) is 4.98 Å². The van der Waals surface area contributed by atoms with E-state index in [1.807, 2.05) is 13.0 Å². The van der Waals surface area contributed by atoms with Crippen molar-refractivity contribution in [1.82, 2.24) is 4.98 Å². The summed E-state index contributed by atoms with van der Waals surface area (Å²) in [5.41, 5.74) is 7.53. The van der Waals surface area contributed by atoms with Crippen molar-refractivity contribution in [3.8, 4) is 0 Å². The van der Waals surface area contributed by atoms with E-state index >= 15 is 0 Å². The summed E-state index contributed by atoms with van der Waals surface area (Å²) in [6, 6.07) is 1.96. The predicted octanol–water partition coefficient (Wildman–Crippen LogP) is 2.24. The number of hydrogen-bond donors (Lipinski definition) is 1. The molecule has 82 valence electrons. The Morgan fingerprint density at radius 2 is 2.53 bits per heavy atom. The number of ether oxygens (including phenoxy) is 1. The number of rotatable bonds is 3. The summed E-state index contributed by atoms with van der Waals surface area (Å²) in [5.74, 6) is 0.998. The predicted molar refractivity (Wildman–Crippen MR) is 63.1 cm³/mol. The maximum atomic E-state index is 5.65. The van der Waals surface area contributed by atoms with Crippen molar-refractivity contribution >= 4 is 17.4 Å². The minimum absolute atomic E-state index is 0.411. The fraction of sp³-hybridized carbons (Fsp3) is 0.545. The second-order valence-corrected chi connectivity index (χ2v) is 4.85. The monoisotopic (exact) mass is 224 g/mol. The Morgan fingerprint density at radius 3 is 3.20 bits per heavy atom. The number of nitrogens with zero attached hydrogens (tertiary/aromatic N) is 1. The van der Waals surface area contributed by atoms with Gasteiger partial charge in [0.05, 0.1) is 23.0 Å². The van der Waals surface area contributed by atoms with E-state index < -0.39 is 0 Å². The molecule has 0 aromatic carbocycles. The van der Waals surface area contributed by atoms with Gasteiger partial charge < -0.3 is 10.5 Å². The molecule has 1 aliphatic heterocycles. The minimum atomic E-state index is 0.411. The molecule has 4 heteroatoms. The van der Waals surface area contributed by atoms with Crippen LogP contribution in [0.25, 0.3) is 0 Å². The number of nitrogens with two attached hydrogens (primary N) is 1. The highest BCUT2D eigenvalue weighted by Gasteiger charge is 2.16. The van der Waals surface area contributed by atoms with E-state index in [9.17, 15) is 0 Å². The smallest absolute Gasteiger partial charge is 0.0991 e. The number of nitrogen functional groups attached to an aromatic ring is 1. The van der Waals surface area contributed by atoms with Gasteiger partial charge in [-0.1, -0.05) is 0 Å². The van der Waals surface area contributed by atoms with E-state index in [2.05, 4.69) is 4.98 Å². The average molecular weight is 224 g/mol. The fourth-order valence-corrected chi connectivity index (χ4v) is 2.70. The number of thioether (sulfide) groups is 1. The Balaban J connectivity index is 1.92. The van der Waals surface area contributed by atoms with Crippen molar-refractivity contribution in [3.05, 3.63) is 17.8 Å².